The highest BCUT2D eigenvalue weighted by atomic mass is 15.2. The lowest BCUT2D eigenvalue weighted by Gasteiger charge is -2.20. The molecule has 1 aromatic carbocycles. The number of pyridine rings is 1. The van der Waals surface area contributed by atoms with Crippen molar-refractivity contribution in [3.8, 4) is 0 Å². The topological polar surface area (TPSA) is 42.1 Å². The van der Waals surface area contributed by atoms with Gasteiger partial charge in [0.15, 0.2) is 0 Å². The second kappa shape index (κ2) is 6.53. The number of aromatic nitrogens is 1. The lowest BCUT2D eigenvalue weighted by molar-refractivity contribution is 0.971. The van der Waals surface area contributed by atoms with Crippen LogP contribution in [0.5, 0.6) is 0 Å². The molecular formula is C17H23N3. The molecule has 20 heavy (non-hydrogen) atoms. The normalized spacial score (nSPS) is 10.6. The highest BCUT2D eigenvalue weighted by Gasteiger charge is 2.08. The van der Waals surface area contributed by atoms with Crippen molar-refractivity contribution in [1.82, 2.24) is 4.98 Å². The summed E-state index contributed by atoms with van der Waals surface area (Å²) in [4.78, 5) is 6.80. The summed E-state index contributed by atoms with van der Waals surface area (Å²) in [6.45, 7) is 4.83. The second-order valence-electron chi connectivity index (χ2n) is 4.96. The van der Waals surface area contributed by atoms with E-state index in [0.29, 0.717) is 6.54 Å². The Bertz CT molecular complexity index is 539. The third kappa shape index (κ3) is 3.17. The molecule has 2 rings (SSSR count). The van der Waals surface area contributed by atoms with Crippen LogP contribution in [-0.2, 0) is 19.4 Å². The van der Waals surface area contributed by atoms with Crippen molar-refractivity contribution in [2.24, 2.45) is 5.73 Å². The van der Waals surface area contributed by atoms with Crippen molar-refractivity contribution in [2.45, 2.75) is 33.2 Å². The van der Waals surface area contributed by atoms with Crippen molar-refractivity contribution in [3.63, 3.8) is 0 Å². The molecule has 106 valence electrons. The average molecular weight is 269 g/mol. The fourth-order valence-corrected chi connectivity index (χ4v) is 2.19. The number of nitrogens with two attached hydrogens (primary N) is 1. The molecule has 0 aliphatic rings. The Balaban J connectivity index is 2.33. The van der Waals surface area contributed by atoms with Gasteiger partial charge in [0.25, 0.3) is 0 Å². The van der Waals surface area contributed by atoms with Gasteiger partial charge in [-0.05, 0) is 48.2 Å². The SMILES string of the molecule is CCc1ccc(N(C)c2cc(CN)cc(CC)n2)cc1. The van der Waals surface area contributed by atoms with E-state index in [1.165, 1.54) is 5.56 Å². The van der Waals surface area contributed by atoms with E-state index in [0.717, 1.165) is 35.6 Å². The Hall–Kier alpha value is -1.87. The van der Waals surface area contributed by atoms with E-state index in [4.69, 9.17) is 5.73 Å². The van der Waals surface area contributed by atoms with Crippen molar-refractivity contribution in [3.05, 3.63) is 53.2 Å². The van der Waals surface area contributed by atoms with Gasteiger partial charge in [0, 0.05) is 25.0 Å². The van der Waals surface area contributed by atoms with E-state index in [-0.39, 0.29) is 0 Å². The Morgan fingerprint density at radius 3 is 2.25 bits per heavy atom. The van der Waals surface area contributed by atoms with E-state index in [9.17, 15) is 0 Å². The molecule has 0 radical (unpaired) electrons. The Morgan fingerprint density at radius 1 is 1.00 bits per heavy atom. The number of hydrogen-bond acceptors (Lipinski definition) is 3. The molecule has 0 aliphatic carbocycles. The maximum atomic E-state index is 5.77. The monoisotopic (exact) mass is 269 g/mol. The third-order valence-corrected chi connectivity index (χ3v) is 3.60. The predicted molar refractivity (Wildman–Crippen MR) is 85.4 cm³/mol. The molecule has 1 aromatic heterocycles. The average Bonchev–Trinajstić information content (AvgIpc) is 2.53. The zero-order valence-electron chi connectivity index (χ0n) is 12.6. The number of anilines is 2. The minimum absolute atomic E-state index is 0.547. The van der Waals surface area contributed by atoms with E-state index < -0.39 is 0 Å². The van der Waals surface area contributed by atoms with Crippen LogP contribution in [0.25, 0.3) is 0 Å². The molecule has 0 atom stereocenters. The Labute approximate surface area is 121 Å². The van der Waals surface area contributed by atoms with Crippen LogP contribution in [0.15, 0.2) is 36.4 Å². The van der Waals surface area contributed by atoms with Gasteiger partial charge in [-0.3, -0.25) is 0 Å². The third-order valence-electron chi connectivity index (χ3n) is 3.60. The molecule has 0 bridgehead atoms. The maximum absolute atomic E-state index is 5.77. The predicted octanol–water partition coefficient (Wildman–Crippen LogP) is 3.43. The largest absolute Gasteiger partial charge is 0.329 e. The Kier molecular flexibility index (Phi) is 4.74. The molecule has 0 amide bonds. The summed E-state index contributed by atoms with van der Waals surface area (Å²) < 4.78 is 0. The zero-order chi connectivity index (χ0) is 14.5. The summed E-state index contributed by atoms with van der Waals surface area (Å²) in [6.07, 6.45) is 1.98. The fraction of sp³-hybridized carbons (Fsp3) is 0.353. The number of aryl methyl sites for hydroxylation is 2. The molecule has 0 aliphatic heterocycles. The standard InChI is InChI=1S/C17H23N3/c1-4-13-6-8-16(9-7-13)20(3)17-11-14(12-18)10-15(5-2)19-17/h6-11H,4-5,12,18H2,1-3H3. The smallest absolute Gasteiger partial charge is 0.133 e. The lowest BCUT2D eigenvalue weighted by atomic mass is 10.1. The zero-order valence-corrected chi connectivity index (χ0v) is 12.6. The van der Waals surface area contributed by atoms with E-state index in [1.54, 1.807) is 0 Å². The van der Waals surface area contributed by atoms with Crippen molar-refractivity contribution >= 4 is 11.5 Å². The molecule has 0 saturated carbocycles. The lowest BCUT2D eigenvalue weighted by Crippen LogP contribution is -2.13. The van der Waals surface area contributed by atoms with Crippen LogP contribution in [0.1, 0.15) is 30.7 Å². The first-order valence-electron chi connectivity index (χ1n) is 7.20. The Morgan fingerprint density at radius 2 is 1.70 bits per heavy atom. The van der Waals surface area contributed by atoms with E-state index in [1.807, 2.05) is 7.05 Å². The van der Waals surface area contributed by atoms with Crippen LogP contribution in [-0.4, -0.2) is 12.0 Å². The van der Waals surface area contributed by atoms with Gasteiger partial charge in [-0.2, -0.15) is 0 Å². The molecule has 2 N–H and O–H groups in total. The van der Waals surface area contributed by atoms with Gasteiger partial charge < -0.3 is 10.6 Å². The molecule has 3 nitrogen and oxygen atoms in total. The highest BCUT2D eigenvalue weighted by molar-refractivity contribution is 5.60. The first kappa shape index (κ1) is 14.5. The quantitative estimate of drug-likeness (QED) is 0.904. The summed E-state index contributed by atoms with van der Waals surface area (Å²) >= 11 is 0. The molecule has 0 spiro atoms. The van der Waals surface area contributed by atoms with Crippen molar-refractivity contribution in [2.75, 3.05) is 11.9 Å². The van der Waals surface area contributed by atoms with Gasteiger partial charge in [-0.15, -0.1) is 0 Å². The van der Waals surface area contributed by atoms with E-state index >= 15 is 0 Å². The molecule has 1 heterocycles. The van der Waals surface area contributed by atoms with Crippen molar-refractivity contribution < 1.29 is 0 Å². The van der Waals surface area contributed by atoms with Crippen LogP contribution in [0.3, 0.4) is 0 Å². The van der Waals surface area contributed by atoms with Crippen molar-refractivity contribution in [1.29, 1.82) is 0 Å². The summed E-state index contributed by atoms with van der Waals surface area (Å²) in [5.41, 5.74) is 10.5. The maximum Gasteiger partial charge on any atom is 0.133 e. The fourth-order valence-electron chi connectivity index (χ4n) is 2.19. The molecule has 2 aromatic rings. The first-order valence-corrected chi connectivity index (χ1v) is 7.20. The summed E-state index contributed by atoms with van der Waals surface area (Å²) in [5.74, 6) is 0.953. The number of rotatable bonds is 5. The van der Waals surface area contributed by atoms with Gasteiger partial charge in [-0.1, -0.05) is 26.0 Å². The molecule has 0 unspecified atom stereocenters. The highest BCUT2D eigenvalue weighted by Crippen LogP contribution is 2.23. The number of benzene rings is 1. The summed E-state index contributed by atoms with van der Waals surface area (Å²) in [7, 11) is 2.04. The summed E-state index contributed by atoms with van der Waals surface area (Å²) in [6, 6.07) is 12.8. The van der Waals surface area contributed by atoms with E-state index in [2.05, 4.69) is 60.1 Å². The van der Waals surface area contributed by atoms with Gasteiger partial charge in [0.2, 0.25) is 0 Å². The van der Waals surface area contributed by atoms with Crippen LogP contribution >= 0.6 is 0 Å². The van der Waals surface area contributed by atoms with Crippen LogP contribution in [0.2, 0.25) is 0 Å². The molecule has 0 saturated heterocycles. The van der Waals surface area contributed by atoms with Crippen LogP contribution in [0, 0.1) is 0 Å². The van der Waals surface area contributed by atoms with Gasteiger partial charge in [0.1, 0.15) is 5.82 Å². The van der Waals surface area contributed by atoms with Gasteiger partial charge >= 0.3 is 0 Å². The van der Waals surface area contributed by atoms with Gasteiger partial charge in [0.05, 0.1) is 0 Å². The molecular weight excluding hydrogens is 246 g/mol. The minimum Gasteiger partial charge on any atom is -0.329 e. The molecule has 0 fully saturated rings. The van der Waals surface area contributed by atoms with Crippen LogP contribution in [0.4, 0.5) is 11.5 Å². The number of nitrogens with zero attached hydrogens (tertiary/aromatic N) is 2. The minimum atomic E-state index is 0.547. The van der Waals surface area contributed by atoms with Crippen LogP contribution < -0.4 is 10.6 Å². The number of hydrogen-bond donors (Lipinski definition) is 1. The molecule has 3 heteroatoms. The second-order valence-corrected chi connectivity index (χ2v) is 4.96. The van der Waals surface area contributed by atoms with Gasteiger partial charge in [-0.25, -0.2) is 4.98 Å². The first-order chi connectivity index (χ1) is 9.67. The summed E-state index contributed by atoms with van der Waals surface area (Å²) in [5, 5.41) is 0.